The number of hydrogen-bond acceptors (Lipinski definition) is 4. The van der Waals surface area contributed by atoms with Crippen LogP contribution in [0, 0.1) is 0 Å². The van der Waals surface area contributed by atoms with Gasteiger partial charge >= 0.3 is 0 Å². The van der Waals surface area contributed by atoms with E-state index in [4.69, 9.17) is 4.42 Å². The zero-order valence-corrected chi connectivity index (χ0v) is 15.3. The highest BCUT2D eigenvalue weighted by Crippen LogP contribution is 2.34. The topological polar surface area (TPSA) is 71.6 Å². The van der Waals surface area contributed by atoms with Gasteiger partial charge in [-0.15, -0.1) is 0 Å². The maximum absolute atomic E-state index is 13.1. The molecular weight excluding hydrogens is 356 g/mol. The van der Waals surface area contributed by atoms with Crippen LogP contribution in [0.25, 0.3) is 0 Å². The minimum atomic E-state index is -0.0741. The maximum atomic E-state index is 13.1. The first-order valence-electron chi connectivity index (χ1n) is 9.38. The molecule has 0 N–H and O–H groups in total. The van der Waals surface area contributed by atoms with E-state index < -0.39 is 0 Å². The minimum Gasteiger partial charge on any atom is -0.469 e. The number of pyridine rings is 1. The molecule has 2 aliphatic rings. The first kappa shape index (κ1) is 16.8. The lowest BCUT2D eigenvalue weighted by Gasteiger charge is -2.37. The molecule has 0 spiro atoms. The molecule has 0 unspecified atom stereocenters. The fourth-order valence-electron chi connectivity index (χ4n) is 4.24. The predicted molar refractivity (Wildman–Crippen MR) is 100 cm³/mol. The lowest BCUT2D eigenvalue weighted by Crippen LogP contribution is -2.50. The van der Waals surface area contributed by atoms with Crippen LogP contribution in [-0.4, -0.2) is 50.3 Å². The van der Waals surface area contributed by atoms with Crippen LogP contribution in [0.5, 0.6) is 0 Å². The van der Waals surface area contributed by atoms with Gasteiger partial charge in [0.25, 0.3) is 5.91 Å². The number of rotatable bonds is 4. The molecule has 2 amide bonds. The Kier molecular flexibility index (Phi) is 4.00. The van der Waals surface area contributed by atoms with Crippen LogP contribution in [0.3, 0.4) is 0 Å². The Morgan fingerprint density at radius 1 is 1.11 bits per heavy atom. The highest BCUT2D eigenvalue weighted by atomic mass is 16.3. The minimum absolute atomic E-state index is 0.0164. The summed E-state index contributed by atoms with van der Waals surface area (Å²) >= 11 is 0. The second-order valence-electron chi connectivity index (χ2n) is 7.24. The number of fused-ring (bicyclic) bond motifs is 3. The van der Waals surface area contributed by atoms with E-state index in [9.17, 15) is 9.59 Å². The molecule has 0 radical (unpaired) electrons. The second kappa shape index (κ2) is 6.67. The first-order valence-corrected chi connectivity index (χ1v) is 9.38. The van der Waals surface area contributed by atoms with E-state index in [0.29, 0.717) is 31.1 Å². The van der Waals surface area contributed by atoms with Crippen LogP contribution in [0.15, 0.2) is 65.5 Å². The Balaban J connectivity index is 1.42. The standard InChI is InChI=1S/C21H20N4O3/c26-20(11-16-6-4-10-28-16)23-13-18-19(14-23)25(12-15-5-1-2-8-22-15)21(27)17-7-3-9-24(17)18/h1-10,18-19H,11-14H2/t18-,19+/m0/s1. The molecule has 5 heterocycles. The van der Waals surface area contributed by atoms with Gasteiger partial charge in [0.15, 0.2) is 0 Å². The summed E-state index contributed by atoms with van der Waals surface area (Å²) in [5.41, 5.74) is 1.51. The van der Waals surface area contributed by atoms with E-state index in [0.717, 1.165) is 5.69 Å². The third-order valence-corrected chi connectivity index (χ3v) is 5.59. The molecular formula is C21H20N4O3. The molecule has 2 aliphatic heterocycles. The van der Waals surface area contributed by atoms with Gasteiger partial charge < -0.3 is 18.8 Å². The first-order chi connectivity index (χ1) is 13.7. The smallest absolute Gasteiger partial charge is 0.271 e. The molecule has 28 heavy (non-hydrogen) atoms. The van der Waals surface area contributed by atoms with Crippen molar-refractivity contribution >= 4 is 11.8 Å². The molecule has 3 aromatic heterocycles. The van der Waals surface area contributed by atoms with Crippen molar-refractivity contribution in [1.82, 2.24) is 19.4 Å². The van der Waals surface area contributed by atoms with E-state index in [1.54, 1.807) is 18.5 Å². The van der Waals surface area contributed by atoms with Crippen molar-refractivity contribution in [3.63, 3.8) is 0 Å². The van der Waals surface area contributed by atoms with Gasteiger partial charge in [0.05, 0.1) is 37.0 Å². The SMILES string of the molecule is O=C(Cc1ccco1)N1C[C@@H]2[C@H](C1)n1cccc1C(=O)N2Cc1ccccn1. The number of aromatic nitrogens is 2. The van der Waals surface area contributed by atoms with Crippen molar-refractivity contribution in [2.75, 3.05) is 13.1 Å². The molecule has 0 aliphatic carbocycles. The average Bonchev–Trinajstić information content (AvgIpc) is 3.45. The van der Waals surface area contributed by atoms with Crippen LogP contribution >= 0.6 is 0 Å². The van der Waals surface area contributed by atoms with Gasteiger partial charge in [-0.25, -0.2) is 0 Å². The van der Waals surface area contributed by atoms with Crippen LogP contribution in [0.2, 0.25) is 0 Å². The molecule has 3 aromatic rings. The normalized spacial score (nSPS) is 20.9. The number of likely N-dealkylation sites (tertiary alicyclic amines) is 1. The number of hydrogen-bond donors (Lipinski definition) is 0. The fraction of sp³-hybridized carbons (Fsp3) is 0.286. The zero-order valence-electron chi connectivity index (χ0n) is 15.3. The lowest BCUT2D eigenvalue weighted by atomic mass is 10.1. The van der Waals surface area contributed by atoms with Gasteiger partial charge in [0.2, 0.25) is 5.91 Å². The van der Waals surface area contributed by atoms with Gasteiger partial charge in [-0.2, -0.15) is 0 Å². The zero-order chi connectivity index (χ0) is 19.1. The quantitative estimate of drug-likeness (QED) is 0.699. The fourth-order valence-corrected chi connectivity index (χ4v) is 4.24. The van der Waals surface area contributed by atoms with E-state index >= 15 is 0 Å². The highest BCUT2D eigenvalue weighted by molar-refractivity contribution is 5.94. The Hall–Kier alpha value is -3.35. The predicted octanol–water partition coefficient (Wildman–Crippen LogP) is 2.13. The molecule has 1 saturated heterocycles. The number of nitrogens with zero attached hydrogens (tertiary/aromatic N) is 4. The number of furan rings is 1. The van der Waals surface area contributed by atoms with Crippen molar-refractivity contribution in [2.24, 2.45) is 0 Å². The Bertz CT molecular complexity index is 996. The molecule has 0 aromatic carbocycles. The molecule has 7 heteroatoms. The number of carbonyl (C=O) groups is 2. The van der Waals surface area contributed by atoms with Gasteiger partial charge in [-0.1, -0.05) is 6.07 Å². The van der Waals surface area contributed by atoms with E-state index in [1.165, 1.54) is 0 Å². The highest BCUT2D eigenvalue weighted by Gasteiger charge is 2.46. The summed E-state index contributed by atoms with van der Waals surface area (Å²) < 4.78 is 7.33. The van der Waals surface area contributed by atoms with E-state index in [-0.39, 0.29) is 30.3 Å². The Morgan fingerprint density at radius 2 is 2.00 bits per heavy atom. The molecule has 2 atom stereocenters. The summed E-state index contributed by atoms with van der Waals surface area (Å²) in [6.07, 6.45) is 5.48. The summed E-state index contributed by atoms with van der Waals surface area (Å²) in [7, 11) is 0. The van der Waals surface area contributed by atoms with Crippen LogP contribution in [-0.2, 0) is 17.8 Å². The monoisotopic (exact) mass is 376 g/mol. The van der Waals surface area contributed by atoms with Crippen LogP contribution < -0.4 is 0 Å². The molecule has 7 nitrogen and oxygen atoms in total. The third kappa shape index (κ3) is 2.79. The van der Waals surface area contributed by atoms with Gasteiger partial charge in [-0.05, 0) is 36.4 Å². The molecule has 5 rings (SSSR count). The number of amides is 2. The summed E-state index contributed by atoms with van der Waals surface area (Å²) in [4.78, 5) is 34.0. The molecule has 0 saturated carbocycles. The average molecular weight is 376 g/mol. The van der Waals surface area contributed by atoms with Crippen molar-refractivity contribution in [3.05, 3.63) is 78.3 Å². The third-order valence-electron chi connectivity index (χ3n) is 5.59. The lowest BCUT2D eigenvalue weighted by molar-refractivity contribution is -0.129. The van der Waals surface area contributed by atoms with E-state index in [1.807, 2.05) is 57.0 Å². The van der Waals surface area contributed by atoms with Crippen molar-refractivity contribution in [1.29, 1.82) is 0 Å². The Labute approximate surface area is 162 Å². The van der Waals surface area contributed by atoms with Crippen molar-refractivity contribution in [2.45, 2.75) is 25.0 Å². The molecule has 142 valence electrons. The van der Waals surface area contributed by atoms with Gasteiger partial charge in [0, 0.05) is 25.5 Å². The largest absolute Gasteiger partial charge is 0.469 e. The van der Waals surface area contributed by atoms with Gasteiger partial charge in [-0.3, -0.25) is 14.6 Å². The second-order valence-corrected chi connectivity index (χ2v) is 7.24. The summed E-state index contributed by atoms with van der Waals surface area (Å²) in [6.45, 7) is 1.53. The maximum Gasteiger partial charge on any atom is 0.271 e. The molecule has 1 fully saturated rings. The van der Waals surface area contributed by atoms with Crippen LogP contribution in [0.4, 0.5) is 0 Å². The summed E-state index contributed by atoms with van der Waals surface area (Å²) in [6, 6.07) is 13.0. The summed E-state index contributed by atoms with van der Waals surface area (Å²) in [5, 5.41) is 0. The summed E-state index contributed by atoms with van der Waals surface area (Å²) in [5.74, 6) is 0.656. The van der Waals surface area contributed by atoms with E-state index in [2.05, 4.69) is 4.98 Å². The van der Waals surface area contributed by atoms with Crippen molar-refractivity contribution in [3.8, 4) is 0 Å². The van der Waals surface area contributed by atoms with Crippen molar-refractivity contribution < 1.29 is 14.0 Å². The molecule has 0 bridgehead atoms. The van der Waals surface area contributed by atoms with Gasteiger partial charge in [0.1, 0.15) is 11.5 Å². The Morgan fingerprint density at radius 3 is 2.79 bits per heavy atom. The van der Waals surface area contributed by atoms with Crippen LogP contribution in [0.1, 0.15) is 28.0 Å². The number of carbonyl (C=O) groups excluding carboxylic acids is 2.